The van der Waals surface area contributed by atoms with E-state index in [9.17, 15) is 8.42 Å². The van der Waals surface area contributed by atoms with Crippen LogP contribution >= 0.6 is 11.3 Å². The summed E-state index contributed by atoms with van der Waals surface area (Å²) < 4.78 is 33.2. The van der Waals surface area contributed by atoms with Gasteiger partial charge in [-0.15, -0.1) is 21.5 Å². The van der Waals surface area contributed by atoms with Gasteiger partial charge in [-0.05, 0) is 36.8 Å². The van der Waals surface area contributed by atoms with Crippen LogP contribution in [-0.4, -0.2) is 36.0 Å². The molecule has 0 N–H and O–H groups in total. The van der Waals surface area contributed by atoms with Crippen molar-refractivity contribution in [1.82, 2.24) is 14.5 Å². The molecule has 1 aliphatic rings. The summed E-state index contributed by atoms with van der Waals surface area (Å²) in [5.74, 6) is 0.979. The second-order valence-electron chi connectivity index (χ2n) is 6.87. The number of hydrogen-bond donors (Lipinski definition) is 0. The minimum Gasteiger partial charge on any atom is -0.420 e. The highest BCUT2D eigenvalue weighted by Gasteiger charge is 2.32. The Morgan fingerprint density at radius 2 is 2.15 bits per heavy atom. The lowest BCUT2D eigenvalue weighted by molar-refractivity contribution is 0.286. The molecule has 0 bridgehead atoms. The van der Waals surface area contributed by atoms with Gasteiger partial charge in [0.05, 0.1) is 16.5 Å². The van der Waals surface area contributed by atoms with Crippen LogP contribution in [0.2, 0.25) is 0 Å². The zero-order valence-corrected chi connectivity index (χ0v) is 16.7. The second kappa shape index (κ2) is 7.53. The fourth-order valence-electron chi connectivity index (χ4n) is 3.40. The quantitative estimate of drug-likeness (QED) is 0.647. The Morgan fingerprint density at radius 3 is 2.93 bits per heavy atom. The molecule has 0 amide bonds. The number of aryl methyl sites for hydroxylation is 1. The van der Waals surface area contributed by atoms with Crippen LogP contribution in [0.25, 0.3) is 10.8 Å². The van der Waals surface area contributed by atoms with E-state index in [0.29, 0.717) is 24.9 Å². The van der Waals surface area contributed by atoms with Gasteiger partial charge in [0.2, 0.25) is 15.9 Å². The molecule has 1 atom stereocenters. The normalized spacial score (nSPS) is 18.6. The first-order valence-electron chi connectivity index (χ1n) is 8.92. The van der Waals surface area contributed by atoms with E-state index in [4.69, 9.17) is 4.42 Å². The van der Waals surface area contributed by atoms with E-state index < -0.39 is 10.0 Å². The number of rotatable bonds is 5. The average Bonchev–Trinajstić information content (AvgIpc) is 3.33. The van der Waals surface area contributed by atoms with Crippen LogP contribution < -0.4 is 0 Å². The van der Waals surface area contributed by atoms with E-state index in [0.717, 1.165) is 28.8 Å². The Bertz CT molecular complexity index is 1010. The van der Waals surface area contributed by atoms with Gasteiger partial charge < -0.3 is 4.42 Å². The number of thiophene rings is 1. The molecule has 2 aromatic heterocycles. The minimum atomic E-state index is -3.38. The molecule has 3 aromatic rings. The zero-order valence-electron chi connectivity index (χ0n) is 15.0. The Kier molecular flexibility index (Phi) is 5.12. The standard InChI is InChI=1S/C19H21N3O3S2/c1-14-5-2-6-15(11-14)13-27(23,24)22-9-3-7-16(12-22)18-20-21-19(25-18)17-8-4-10-26-17/h2,4-6,8,10-11,16H,3,7,9,12-13H2,1H3. The molecular weight excluding hydrogens is 382 g/mol. The van der Waals surface area contributed by atoms with Crippen molar-refractivity contribution in [3.63, 3.8) is 0 Å². The molecule has 0 saturated carbocycles. The molecule has 1 aliphatic heterocycles. The highest BCUT2D eigenvalue weighted by Crippen LogP contribution is 2.31. The molecule has 3 heterocycles. The largest absolute Gasteiger partial charge is 0.420 e. The van der Waals surface area contributed by atoms with Crippen molar-refractivity contribution in [3.05, 3.63) is 58.8 Å². The van der Waals surface area contributed by atoms with E-state index in [1.54, 1.807) is 15.6 Å². The summed E-state index contributed by atoms with van der Waals surface area (Å²) in [7, 11) is -3.38. The predicted molar refractivity (Wildman–Crippen MR) is 105 cm³/mol. The van der Waals surface area contributed by atoms with Gasteiger partial charge >= 0.3 is 0 Å². The molecule has 27 heavy (non-hydrogen) atoms. The summed E-state index contributed by atoms with van der Waals surface area (Å²) in [6, 6.07) is 11.5. The van der Waals surface area contributed by atoms with Crippen molar-refractivity contribution in [2.24, 2.45) is 0 Å². The summed E-state index contributed by atoms with van der Waals surface area (Å²) in [4.78, 5) is 0.925. The van der Waals surface area contributed by atoms with Crippen LogP contribution in [0.3, 0.4) is 0 Å². The third-order valence-electron chi connectivity index (χ3n) is 4.73. The molecule has 0 spiro atoms. The number of piperidine rings is 1. The third kappa shape index (κ3) is 4.12. The van der Waals surface area contributed by atoms with Crippen molar-refractivity contribution >= 4 is 21.4 Å². The van der Waals surface area contributed by atoms with Gasteiger partial charge in [-0.2, -0.15) is 0 Å². The molecule has 0 radical (unpaired) electrons. The van der Waals surface area contributed by atoms with Crippen molar-refractivity contribution in [2.75, 3.05) is 13.1 Å². The predicted octanol–water partition coefficient (Wildman–Crippen LogP) is 3.82. The number of benzene rings is 1. The topological polar surface area (TPSA) is 76.3 Å². The zero-order chi connectivity index (χ0) is 18.9. The lowest BCUT2D eigenvalue weighted by Crippen LogP contribution is -2.39. The summed E-state index contributed by atoms with van der Waals surface area (Å²) in [5.41, 5.74) is 1.88. The highest BCUT2D eigenvalue weighted by molar-refractivity contribution is 7.88. The van der Waals surface area contributed by atoms with Crippen LogP contribution in [0.5, 0.6) is 0 Å². The smallest absolute Gasteiger partial charge is 0.257 e. The Labute approximate surface area is 162 Å². The van der Waals surface area contributed by atoms with Gasteiger partial charge in [0.25, 0.3) is 5.89 Å². The van der Waals surface area contributed by atoms with Crippen molar-refractivity contribution in [1.29, 1.82) is 0 Å². The van der Waals surface area contributed by atoms with Gasteiger partial charge in [0.15, 0.2) is 0 Å². The lowest BCUT2D eigenvalue weighted by Gasteiger charge is -2.30. The summed E-state index contributed by atoms with van der Waals surface area (Å²) in [6.07, 6.45) is 1.64. The number of sulfonamides is 1. The SMILES string of the molecule is Cc1cccc(CS(=O)(=O)N2CCCC(c3nnc(-c4cccs4)o3)C2)c1. The first-order chi connectivity index (χ1) is 13.0. The van der Waals surface area contributed by atoms with Gasteiger partial charge in [-0.3, -0.25) is 0 Å². The Balaban J connectivity index is 1.49. The monoisotopic (exact) mass is 403 g/mol. The molecular formula is C19H21N3O3S2. The van der Waals surface area contributed by atoms with Gasteiger partial charge in [0, 0.05) is 13.1 Å². The molecule has 1 fully saturated rings. The molecule has 6 nitrogen and oxygen atoms in total. The van der Waals surface area contributed by atoms with Crippen molar-refractivity contribution < 1.29 is 12.8 Å². The first-order valence-corrected chi connectivity index (χ1v) is 11.4. The molecule has 0 aliphatic carbocycles. The maximum atomic E-state index is 12.9. The van der Waals surface area contributed by atoms with Crippen molar-refractivity contribution in [3.8, 4) is 10.8 Å². The fourth-order valence-corrected chi connectivity index (χ4v) is 5.64. The van der Waals surface area contributed by atoms with E-state index >= 15 is 0 Å². The molecule has 1 unspecified atom stereocenters. The molecule has 142 valence electrons. The molecule has 8 heteroatoms. The van der Waals surface area contributed by atoms with Crippen LogP contribution in [0.15, 0.2) is 46.2 Å². The summed E-state index contributed by atoms with van der Waals surface area (Å²) in [5, 5.41) is 10.3. The Morgan fingerprint density at radius 1 is 1.26 bits per heavy atom. The van der Waals surface area contributed by atoms with E-state index in [1.807, 2.05) is 48.7 Å². The van der Waals surface area contributed by atoms with Crippen LogP contribution in [0.1, 0.15) is 35.8 Å². The number of aromatic nitrogens is 2. The third-order valence-corrected chi connectivity index (χ3v) is 7.41. The summed E-state index contributed by atoms with van der Waals surface area (Å²) >= 11 is 1.54. The molecule has 1 aromatic carbocycles. The highest BCUT2D eigenvalue weighted by atomic mass is 32.2. The summed E-state index contributed by atoms with van der Waals surface area (Å²) in [6.45, 7) is 2.89. The average molecular weight is 404 g/mol. The number of hydrogen-bond acceptors (Lipinski definition) is 6. The van der Waals surface area contributed by atoms with Gasteiger partial charge in [-0.1, -0.05) is 35.9 Å². The second-order valence-corrected chi connectivity index (χ2v) is 9.78. The van der Waals surface area contributed by atoms with Crippen molar-refractivity contribution in [2.45, 2.75) is 31.4 Å². The molecule has 1 saturated heterocycles. The maximum Gasteiger partial charge on any atom is 0.257 e. The van der Waals surface area contributed by atoms with Gasteiger partial charge in [-0.25, -0.2) is 12.7 Å². The molecule has 4 rings (SSSR count). The van der Waals surface area contributed by atoms with E-state index in [2.05, 4.69) is 10.2 Å². The van der Waals surface area contributed by atoms with Crippen LogP contribution in [-0.2, 0) is 15.8 Å². The van der Waals surface area contributed by atoms with Crippen LogP contribution in [0.4, 0.5) is 0 Å². The Hall–Kier alpha value is -2.03. The van der Waals surface area contributed by atoms with E-state index in [1.165, 1.54) is 0 Å². The first kappa shape index (κ1) is 18.3. The minimum absolute atomic E-state index is 0.0195. The fraction of sp³-hybridized carbons (Fsp3) is 0.368. The van der Waals surface area contributed by atoms with Gasteiger partial charge in [0.1, 0.15) is 0 Å². The maximum absolute atomic E-state index is 12.9. The lowest BCUT2D eigenvalue weighted by atomic mass is 10.00. The number of nitrogens with zero attached hydrogens (tertiary/aromatic N) is 3. The van der Waals surface area contributed by atoms with Crippen LogP contribution in [0, 0.1) is 6.92 Å². The van der Waals surface area contributed by atoms with E-state index in [-0.39, 0.29) is 11.7 Å².